The number of rotatable bonds is 0. The predicted molar refractivity (Wildman–Crippen MR) is 112 cm³/mol. The monoisotopic (exact) mass is 698 g/mol. The average Bonchev–Trinajstić information content (AvgIpc) is 2.08. The van der Waals surface area contributed by atoms with Crippen molar-refractivity contribution in [2.75, 3.05) is 0 Å². The standard InChI is InChI=1S/Fe.9H3N.6H2O3S/c;;;;;;;;;;6*1-4(2)3/h;9*1H3;6*(H2,1,2,3)/q+3;;;;;;;;;;;;;;;/p-3. The summed E-state index contributed by atoms with van der Waals surface area (Å²) in [7, 11) is 0. The molecule has 0 spiro atoms. The Kier molecular flexibility index (Phi) is 343. The van der Waals surface area contributed by atoms with Crippen molar-refractivity contribution in [2.45, 2.75) is 0 Å². The van der Waals surface area contributed by atoms with Crippen molar-refractivity contribution < 1.29 is 97.0 Å². The van der Waals surface area contributed by atoms with E-state index in [0.717, 1.165) is 0 Å². The van der Waals surface area contributed by atoms with E-state index in [4.69, 9.17) is 79.9 Å². The first-order valence-corrected chi connectivity index (χ1v) is 9.00. The van der Waals surface area contributed by atoms with Gasteiger partial charge in [-0.3, -0.25) is 25.3 Å². The second-order valence-electron chi connectivity index (χ2n) is 1.22. The summed E-state index contributed by atoms with van der Waals surface area (Å²) in [6.45, 7) is 0. The summed E-state index contributed by atoms with van der Waals surface area (Å²) in [6, 6.07) is 0. The molecule has 0 aliphatic rings. The molecule has 1 radical (unpaired) electrons. The van der Waals surface area contributed by atoms with Crippen molar-refractivity contribution in [3.63, 3.8) is 0 Å². The maximum Gasteiger partial charge on any atom is 3.00 e. The summed E-state index contributed by atoms with van der Waals surface area (Å²) in [4.78, 5) is 0. The van der Waals surface area contributed by atoms with Gasteiger partial charge >= 0.3 is 17.1 Å². The minimum absolute atomic E-state index is 0. The Morgan fingerprint density at radius 1 is 0.235 bits per heavy atom. The van der Waals surface area contributed by atoms with Crippen LogP contribution in [0.5, 0.6) is 0 Å². The molecule has 0 aromatic heterocycles. The van der Waals surface area contributed by atoms with Crippen molar-refractivity contribution in [1.29, 1.82) is 0 Å². The van der Waals surface area contributed by atoms with Crippen LogP contribution in [0.2, 0.25) is 0 Å². The molecule has 34 heteroatoms. The van der Waals surface area contributed by atoms with E-state index in [1.165, 1.54) is 0 Å². The zero-order valence-corrected chi connectivity index (χ0v) is 25.2. The van der Waals surface area contributed by atoms with Crippen LogP contribution in [0.15, 0.2) is 0 Å². The molecule has 0 saturated carbocycles. The van der Waals surface area contributed by atoms with E-state index < -0.39 is 68.2 Å². The summed E-state index contributed by atoms with van der Waals surface area (Å²) < 4.78 is 152. The van der Waals surface area contributed by atoms with Gasteiger partial charge in [-0.15, -0.1) is 68.2 Å². The van der Waals surface area contributed by atoms with E-state index in [0.29, 0.717) is 0 Å². The summed E-state index contributed by atoms with van der Waals surface area (Å²) in [5, 5.41) is 0. The second kappa shape index (κ2) is 103. The summed E-state index contributed by atoms with van der Waals surface area (Å²) in [5.41, 5.74) is 0. The van der Waals surface area contributed by atoms with Crippen molar-refractivity contribution in [3.05, 3.63) is 0 Å². The molecule has 0 unspecified atom stereocenters. The zero-order chi connectivity index (χ0) is 21.5. The van der Waals surface area contributed by atoms with Crippen LogP contribution in [-0.2, 0) is 85.2 Å². The molecule has 34 heavy (non-hydrogen) atoms. The van der Waals surface area contributed by atoms with Gasteiger partial charge in [0.1, 0.15) is 0 Å². The largest absolute Gasteiger partial charge is 3.00 e. The van der Waals surface area contributed by atoms with Gasteiger partial charge in [-0.25, -0.2) is 0 Å². The van der Waals surface area contributed by atoms with Crippen LogP contribution in [0.1, 0.15) is 0 Å². The van der Waals surface area contributed by atoms with E-state index in [-0.39, 0.29) is 72.4 Å². The van der Waals surface area contributed by atoms with Crippen LogP contribution in [0.25, 0.3) is 0 Å². The van der Waals surface area contributed by atoms with Gasteiger partial charge in [0.15, 0.2) is 0 Å². The van der Waals surface area contributed by atoms with Gasteiger partial charge in [-0.1, -0.05) is 0 Å². The first kappa shape index (κ1) is 113. The first-order valence-electron chi connectivity index (χ1n) is 3.00. The number of hydrogen-bond acceptors (Lipinski definition) is 18. The quantitative estimate of drug-likeness (QED) is 0.0921. The van der Waals surface area contributed by atoms with Gasteiger partial charge in [0.25, 0.3) is 0 Å². The fourth-order valence-electron chi connectivity index (χ4n) is 0. The van der Waals surface area contributed by atoms with Crippen molar-refractivity contribution in [3.8, 4) is 0 Å². The minimum Gasteiger partial charge on any atom is -0.784 e. The molecule has 0 aromatic rings. The van der Waals surface area contributed by atoms with Crippen LogP contribution in [-0.4, -0.2) is 79.9 Å². The topological polar surface area (TPSA) is 708 Å². The molecule has 233 valence electrons. The third-order valence-corrected chi connectivity index (χ3v) is 0. The third kappa shape index (κ3) is 96800. The SMILES string of the molecule is O=S([O-])[O-].O=S([O-])[O-].O=S([O-])[O-].O=S([O-])[O-].O=S([O-])[O-].O=S([O-])[O-].[Fe+3].[NH4+].[NH4+].[NH4+].[NH4+].[NH4+].[NH4+].[NH4+].[NH4+].[NH4+]. The van der Waals surface area contributed by atoms with Gasteiger partial charge < -0.3 is 110 Å². The normalized spacial score (nSPS) is 6.18. The Morgan fingerprint density at radius 2 is 0.235 bits per heavy atom. The molecule has 0 aliphatic carbocycles. The molecule has 36 N–H and O–H groups in total. The molecular weight excluding hydrogens is 662 g/mol. The van der Waals surface area contributed by atoms with E-state index in [2.05, 4.69) is 0 Å². The second-order valence-corrected chi connectivity index (χ2v) is 3.67. The van der Waals surface area contributed by atoms with E-state index >= 15 is 0 Å². The summed E-state index contributed by atoms with van der Waals surface area (Å²) >= 11 is -18.7. The molecule has 0 amide bonds. The smallest absolute Gasteiger partial charge is 0.784 e. The van der Waals surface area contributed by atoms with Crippen LogP contribution in [0, 0.1) is 0 Å². The maximum atomic E-state index is 8.44. The first-order chi connectivity index (χ1) is 10.4. The van der Waals surface area contributed by atoms with E-state index in [1.54, 1.807) is 0 Å². The predicted octanol–water partition coefficient (Wildman–Crippen LogP) is -2.64. The molecule has 0 atom stereocenters. The fourth-order valence-corrected chi connectivity index (χ4v) is 0. The van der Waals surface area contributed by atoms with Crippen LogP contribution >= 0.6 is 0 Å². The number of hydrogen-bond donors (Lipinski definition) is 9. The fraction of sp³-hybridized carbons (Fsp3) is 0. The third-order valence-electron chi connectivity index (χ3n) is 0. The zero-order valence-electron chi connectivity index (χ0n) is 19.2. The van der Waals surface area contributed by atoms with Gasteiger partial charge in [0.2, 0.25) is 0 Å². The molecule has 0 saturated heterocycles. The Bertz CT molecular complexity index is 285. The molecule has 0 aromatic carbocycles. The van der Waals surface area contributed by atoms with Gasteiger partial charge in [0, 0.05) is 0 Å². The molecular formula is H36FeN9O18S6. The van der Waals surface area contributed by atoms with Crippen LogP contribution in [0.4, 0.5) is 0 Å². The average molecular weight is 699 g/mol. The summed E-state index contributed by atoms with van der Waals surface area (Å²) in [6.07, 6.45) is 0. The van der Waals surface area contributed by atoms with Gasteiger partial charge in [-0.2, -0.15) is 0 Å². The number of quaternary nitrogens is 9. The van der Waals surface area contributed by atoms with Gasteiger partial charge in [-0.05, 0) is 0 Å². The van der Waals surface area contributed by atoms with Crippen molar-refractivity contribution in [2.24, 2.45) is 0 Å². The van der Waals surface area contributed by atoms with E-state index in [1.807, 2.05) is 0 Å². The Labute approximate surface area is 220 Å². The maximum absolute atomic E-state index is 8.44. The Hall–Kier alpha value is 0.579. The van der Waals surface area contributed by atoms with Crippen molar-refractivity contribution >= 4 is 68.2 Å². The van der Waals surface area contributed by atoms with Crippen molar-refractivity contribution in [1.82, 2.24) is 55.4 Å². The molecule has 27 nitrogen and oxygen atoms in total. The molecule has 0 heterocycles. The van der Waals surface area contributed by atoms with Gasteiger partial charge in [0.05, 0.1) is 0 Å². The summed E-state index contributed by atoms with van der Waals surface area (Å²) in [5.74, 6) is 0. The van der Waals surface area contributed by atoms with E-state index in [9.17, 15) is 0 Å². The molecule has 0 aliphatic heterocycles. The Balaban J connectivity index is -0.00000000771. The molecule has 0 rings (SSSR count). The molecule has 0 fully saturated rings. The minimum atomic E-state index is -3.11. The van der Waals surface area contributed by atoms with Crippen LogP contribution in [0.3, 0.4) is 0 Å². The Morgan fingerprint density at radius 3 is 0.235 bits per heavy atom. The van der Waals surface area contributed by atoms with Crippen LogP contribution < -0.4 is 55.4 Å². The molecule has 0 bridgehead atoms.